The number of nitrogens with one attached hydrogen (secondary N) is 2. The number of carbonyl (C=O) groups is 4. The SMILES string of the molecule is Cc1nc2c(C(=O)OC(=O)c3c(C(=O)O)ccc4[nH]c(C)nc34)c(C(=O)O)ccc2[nH]1. The summed E-state index contributed by atoms with van der Waals surface area (Å²) in [6, 6.07) is 5.24. The van der Waals surface area contributed by atoms with Crippen LogP contribution in [0.5, 0.6) is 0 Å². The van der Waals surface area contributed by atoms with Gasteiger partial charge in [-0.2, -0.15) is 0 Å². The van der Waals surface area contributed by atoms with Gasteiger partial charge in [0.25, 0.3) is 0 Å². The average molecular weight is 422 g/mol. The molecular weight excluding hydrogens is 408 g/mol. The molecule has 0 spiro atoms. The van der Waals surface area contributed by atoms with Crippen molar-refractivity contribution in [1.82, 2.24) is 19.9 Å². The van der Waals surface area contributed by atoms with Gasteiger partial charge >= 0.3 is 23.9 Å². The molecule has 11 nitrogen and oxygen atoms in total. The second kappa shape index (κ2) is 7.06. The number of fused-ring (bicyclic) bond motifs is 2. The lowest BCUT2D eigenvalue weighted by molar-refractivity contribution is 0.0389. The minimum absolute atomic E-state index is 0.0162. The number of ether oxygens (including phenoxy) is 1. The van der Waals surface area contributed by atoms with Gasteiger partial charge in [-0.05, 0) is 38.1 Å². The molecule has 0 aliphatic heterocycles. The van der Waals surface area contributed by atoms with Gasteiger partial charge in [0.2, 0.25) is 0 Å². The predicted molar refractivity (Wildman–Crippen MR) is 105 cm³/mol. The molecule has 4 rings (SSSR count). The molecule has 0 aliphatic carbocycles. The van der Waals surface area contributed by atoms with Gasteiger partial charge in [-0.3, -0.25) is 0 Å². The lowest BCUT2D eigenvalue weighted by Gasteiger charge is -2.09. The Hall–Kier alpha value is -4.54. The van der Waals surface area contributed by atoms with Crippen LogP contribution in [0.4, 0.5) is 0 Å². The molecule has 2 aromatic heterocycles. The zero-order valence-electron chi connectivity index (χ0n) is 16.1. The Morgan fingerprint density at radius 1 is 0.742 bits per heavy atom. The maximum atomic E-state index is 12.9. The Balaban J connectivity index is 1.83. The fraction of sp³-hybridized carbons (Fsp3) is 0.100. The predicted octanol–water partition coefficient (Wildman–Crippen LogP) is 2.45. The van der Waals surface area contributed by atoms with Gasteiger partial charge in [-0.15, -0.1) is 0 Å². The average Bonchev–Trinajstić information content (AvgIpc) is 3.25. The van der Waals surface area contributed by atoms with E-state index in [0.717, 1.165) is 0 Å². The van der Waals surface area contributed by atoms with Crippen LogP contribution < -0.4 is 0 Å². The zero-order valence-corrected chi connectivity index (χ0v) is 16.1. The summed E-state index contributed by atoms with van der Waals surface area (Å²) in [5, 5.41) is 18.9. The molecule has 156 valence electrons. The van der Waals surface area contributed by atoms with E-state index in [9.17, 15) is 29.4 Å². The van der Waals surface area contributed by atoms with Crippen molar-refractivity contribution in [3.8, 4) is 0 Å². The smallest absolute Gasteiger partial charge is 0.349 e. The molecule has 0 saturated carbocycles. The van der Waals surface area contributed by atoms with E-state index in [1.165, 1.54) is 24.3 Å². The molecule has 0 atom stereocenters. The van der Waals surface area contributed by atoms with Gasteiger partial charge in [0, 0.05) is 0 Å². The first kappa shape index (κ1) is 19.8. The van der Waals surface area contributed by atoms with Crippen LogP contribution in [0, 0.1) is 13.8 Å². The normalized spacial score (nSPS) is 11.0. The third-order valence-electron chi connectivity index (χ3n) is 4.60. The third-order valence-corrected chi connectivity index (χ3v) is 4.60. The quantitative estimate of drug-likeness (QED) is 0.284. The number of hydrogen-bond acceptors (Lipinski definition) is 7. The van der Waals surface area contributed by atoms with E-state index in [4.69, 9.17) is 4.74 Å². The van der Waals surface area contributed by atoms with Crippen molar-refractivity contribution in [2.75, 3.05) is 0 Å². The van der Waals surface area contributed by atoms with Crippen molar-refractivity contribution in [2.45, 2.75) is 13.8 Å². The highest BCUT2D eigenvalue weighted by molar-refractivity contribution is 6.17. The van der Waals surface area contributed by atoms with E-state index < -0.39 is 46.1 Å². The molecule has 2 aromatic carbocycles. The molecule has 4 aromatic rings. The number of rotatable bonds is 4. The van der Waals surface area contributed by atoms with Gasteiger partial charge in [-0.1, -0.05) is 0 Å². The molecule has 0 radical (unpaired) electrons. The van der Waals surface area contributed by atoms with Crippen molar-refractivity contribution in [2.24, 2.45) is 0 Å². The van der Waals surface area contributed by atoms with Gasteiger partial charge in [-0.25, -0.2) is 29.1 Å². The largest absolute Gasteiger partial charge is 0.478 e. The molecule has 0 fully saturated rings. The van der Waals surface area contributed by atoms with Crippen molar-refractivity contribution < 1.29 is 34.1 Å². The van der Waals surface area contributed by atoms with E-state index in [1.54, 1.807) is 13.8 Å². The highest BCUT2D eigenvalue weighted by Gasteiger charge is 2.29. The molecule has 4 N–H and O–H groups in total. The number of hydrogen-bond donors (Lipinski definition) is 4. The standard InChI is InChI=1S/C20H14N4O7/c1-7-21-11-5-3-9(17(25)26)13(15(11)23-7)19(29)31-20(30)14-10(18(27)28)4-6-12-16(14)24-8(2)22-12/h3-6H,1-2H3,(H,21,23)(H,22,24)(H,25,26)(H,27,28). The van der Waals surface area contributed by atoms with E-state index in [-0.39, 0.29) is 11.0 Å². The van der Waals surface area contributed by atoms with Crippen LogP contribution in [0.25, 0.3) is 22.1 Å². The summed E-state index contributed by atoms with van der Waals surface area (Å²) in [6.45, 7) is 3.22. The first-order valence-electron chi connectivity index (χ1n) is 8.89. The lowest BCUT2D eigenvalue weighted by Crippen LogP contribution is -2.19. The summed E-state index contributed by atoms with van der Waals surface area (Å²) < 4.78 is 4.93. The van der Waals surface area contributed by atoms with Gasteiger partial charge < -0.3 is 24.9 Å². The van der Waals surface area contributed by atoms with Crippen LogP contribution >= 0.6 is 0 Å². The number of nitrogens with zero attached hydrogens (tertiary/aromatic N) is 2. The summed E-state index contributed by atoms with van der Waals surface area (Å²) in [4.78, 5) is 63.0. The van der Waals surface area contributed by atoms with E-state index in [1.807, 2.05) is 0 Å². The van der Waals surface area contributed by atoms with Crippen LogP contribution in [0.15, 0.2) is 24.3 Å². The van der Waals surface area contributed by atoms with Crippen LogP contribution in [-0.2, 0) is 4.74 Å². The number of aromatic amines is 2. The molecule has 11 heteroatoms. The monoisotopic (exact) mass is 422 g/mol. The number of benzene rings is 2. The Morgan fingerprint density at radius 3 is 1.48 bits per heavy atom. The zero-order chi connectivity index (χ0) is 22.4. The fourth-order valence-corrected chi connectivity index (χ4v) is 3.35. The second-order valence-corrected chi connectivity index (χ2v) is 6.70. The summed E-state index contributed by atoms with van der Waals surface area (Å²) in [6.07, 6.45) is 0. The third kappa shape index (κ3) is 3.27. The van der Waals surface area contributed by atoms with Crippen molar-refractivity contribution >= 4 is 45.9 Å². The number of aromatic nitrogens is 4. The Bertz CT molecular complexity index is 1320. The first-order valence-corrected chi connectivity index (χ1v) is 8.89. The van der Waals surface area contributed by atoms with Crippen LogP contribution in [0.3, 0.4) is 0 Å². The molecule has 0 aliphatic rings. The van der Waals surface area contributed by atoms with Crippen molar-refractivity contribution in [1.29, 1.82) is 0 Å². The number of H-pyrrole nitrogens is 2. The summed E-state index contributed by atoms with van der Waals surface area (Å²) >= 11 is 0. The first-order chi connectivity index (χ1) is 14.7. The molecule has 0 amide bonds. The minimum Gasteiger partial charge on any atom is -0.478 e. The number of carbonyl (C=O) groups excluding carboxylic acids is 2. The van der Waals surface area contributed by atoms with Crippen LogP contribution in [-0.4, -0.2) is 54.0 Å². The minimum atomic E-state index is -1.42. The number of carboxylic acid groups (broad SMARTS) is 2. The van der Waals surface area contributed by atoms with E-state index in [2.05, 4.69) is 19.9 Å². The van der Waals surface area contributed by atoms with Crippen molar-refractivity contribution in [3.05, 3.63) is 58.2 Å². The van der Waals surface area contributed by atoms with Gasteiger partial charge in [0.15, 0.2) is 0 Å². The summed E-state index contributed by atoms with van der Waals surface area (Å²) in [5.41, 5.74) is -0.899. The number of aryl methyl sites for hydroxylation is 2. The maximum absolute atomic E-state index is 12.9. The van der Waals surface area contributed by atoms with Crippen LogP contribution in [0.1, 0.15) is 53.1 Å². The van der Waals surface area contributed by atoms with E-state index in [0.29, 0.717) is 22.7 Å². The molecule has 31 heavy (non-hydrogen) atoms. The fourth-order valence-electron chi connectivity index (χ4n) is 3.35. The lowest BCUT2D eigenvalue weighted by atomic mass is 10.0. The summed E-state index contributed by atoms with van der Waals surface area (Å²) in [7, 11) is 0. The van der Waals surface area contributed by atoms with Gasteiger partial charge in [0.05, 0.1) is 22.2 Å². The molecule has 0 unspecified atom stereocenters. The van der Waals surface area contributed by atoms with E-state index >= 15 is 0 Å². The molecule has 0 saturated heterocycles. The second-order valence-electron chi connectivity index (χ2n) is 6.70. The Labute approximate surface area is 172 Å². The number of esters is 2. The number of carboxylic acids is 2. The summed E-state index contributed by atoms with van der Waals surface area (Å²) in [5.74, 6) is -4.55. The van der Waals surface area contributed by atoms with Crippen LogP contribution in [0.2, 0.25) is 0 Å². The topological polar surface area (TPSA) is 175 Å². The Morgan fingerprint density at radius 2 is 1.13 bits per heavy atom. The highest BCUT2D eigenvalue weighted by Crippen LogP contribution is 2.25. The van der Waals surface area contributed by atoms with Crippen molar-refractivity contribution in [3.63, 3.8) is 0 Å². The number of aromatic carboxylic acids is 2. The Kier molecular flexibility index (Phi) is 4.50. The molecule has 0 bridgehead atoms. The number of imidazole rings is 2. The molecule has 2 heterocycles. The van der Waals surface area contributed by atoms with Gasteiger partial charge in [0.1, 0.15) is 33.8 Å². The molecular formula is C20H14N4O7. The maximum Gasteiger partial charge on any atom is 0.349 e. The highest BCUT2D eigenvalue weighted by atomic mass is 16.6.